The van der Waals surface area contributed by atoms with Crippen molar-refractivity contribution in [3.8, 4) is 0 Å². The van der Waals surface area contributed by atoms with Crippen LogP contribution in [0.2, 0.25) is 0 Å². The minimum atomic E-state index is -1.04. The maximum absolute atomic E-state index is 11.6. The molecule has 98 valence electrons. The van der Waals surface area contributed by atoms with Crippen molar-refractivity contribution < 1.29 is 14.4 Å². The van der Waals surface area contributed by atoms with E-state index in [0.29, 0.717) is 12.3 Å². The molecule has 4 amide bonds. The lowest BCUT2D eigenvalue weighted by molar-refractivity contribution is -0.132. The highest BCUT2D eigenvalue weighted by molar-refractivity contribution is 6.27. The summed E-state index contributed by atoms with van der Waals surface area (Å²) >= 11 is 0. The minimum absolute atomic E-state index is 0.381. The molecule has 2 rings (SSSR count). The number of nitrogens with zero attached hydrogens (tertiary/aromatic N) is 1. The van der Waals surface area contributed by atoms with Crippen molar-refractivity contribution in [3.05, 3.63) is 35.9 Å². The number of carbonyl (C=O) groups is 3. The molecule has 2 N–H and O–H groups in total. The summed E-state index contributed by atoms with van der Waals surface area (Å²) in [6.07, 6.45) is 0. The molecule has 6 heteroatoms. The summed E-state index contributed by atoms with van der Waals surface area (Å²) in [6.45, 7) is 1.99. The molecule has 0 aliphatic carbocycles. The quantitative estimate of drug-likeness (QED) is 0.616. The van der Waals surface area contributed by atoms with E-state index in [4.69, 9.17) is 0 Å². The SMILES string of the molecule is CC(=NCc1ccccc1)C1C(=O)NC(=O)NC1=O. The van der Waals surface area contributed by atoms with Crippen LogP contribution >= 0.6 is 0 Å². The molecule has 1 heterocycles. The molecule has 0 aromatic heterocycles. The number of carbonyl (C=O) groups excluding carboxylic acids is 3. The highest BCUT2D eigenvalue weighted by atomic mass is 16.2. The molecule has 1 saturated heterocycles. The first kappa shape index (κ1) is 12.9. The van der Waals surface area contributed by atoms with Crippen molar-refractivity contribution in [3.63, 3.8) is 0 Å². The maximum atomic E-state index is 11.6. The van der Waals surface area contributed by atoms with E-state index in [1.54, 1.807) is 6.92 Å². The molecule has 1 fully saturated rings. The standard InChI is InChI=1S/C13H13N3O3/c1-8(14-7-9-5-3-2-4-6-9)10-11(17)15-13(19)16-12(10)18/h2-6,10H,7H2,1H3,(H2,15,16,17,18,19). The van der Waals surface area contributed by atoms with Gasteiger partial charge in [-0.2, -0.15) is 0 Å². The molecule has 1 aromatic rings. The molecule has 1 aromatic carbocycles. The molecule has 0 radical (unpaired) electrons. The Morgan fingerprint density at radius 3 is 2.26 bits per heavy atom. The van der Waals surface area contributed by atoms with Crippen LogP contribution in [0.5, 0.6) is 0 Å². The molecule has 0 atom stereocenters. The van der Waals surface area contributed by atoms with Gasteiger partial charge < -0.3 is 0 Å². The topological polar surface area (TPSA) is 87.6 Å². The average Bonchev–Trinajstić information content (AvgIpc) is 2.36. The van der Waals surface area contributed by atoms with E-state index in [0.717, 1.165) is 5.56 Å². The summed E-state index contributed by atoms with van der Waals surface area (Å²) in [5.74, 6) is -2.31. The number of barbiturate groups is 1. The number of benzene rings is 1. The molecule has 0 bridgehead atoms. The number of nitrogens with one attached hydrogen (secondary N) is 2. The van der Waals surface area contributed by atoms with E-state index in [9.17, 15) is 14.4 Å². The van der Waals surface area contributed by atoms with Crippen LogP contribution in [0.25, 0.3) is 0 Å². The van der Waals surface area contributed by atoms with E-state index in [1.165, 1.54) is 0 Å². The molecule has 1 aliphatic rings. The zero-order valence-corrected chi connectivity index (χ0v) is 10.3. The average molecular weight is 259 g/mol. The third-order valence-electron chi connectivity index (χ3n) is 2.77. The summed E-state index contributed by atoms with van der Waals surface area (Å²) in [6, 6.07) is 8.69. The predicted octanol–water partition coefficient (Wildman–Crippen LogP) is 0.630. The van der Waals surface area contributed by atoms with Crippen molar-refractivity contribution in [2.75, 3.05) is 0 Å². The fourth-order valence-corrected chi connectivity index (χ4v) is 1.79. The highest BCUT2D eigenvalue weighted by Gasteiger charge is 2.36. The molecular weight excluding hydrogens is 246 g/mol. The van der Waals surface area contributed by atoms with E-state index in [1.807, 2.05) is 41.0 Å². The Kier molecular flexibility index (Phi) is 3.70. The van der Waals surface area contributed by atoms with Crippen LogP contribution in [-0.2, 0) is 16.1 Å². The van der Waals surface area contributed by atoms with Gasteiger partial charge in [0, 0.05) is 5.71 Å². The van der Waals surface area contributed by atoms with Gasteiger partial charge in [0.1, 0.15) is 0 Å². The Balaban J connectivity index is 2.10. The third kappa shape index (κ3) is 3.04. The summed E-state index contributed by atoms with van der Waals surface area (Å²) in [5, 5.41) is 4.10. The smallest absolute Gasteiger partial charge is 0.288 e. The van der Waals surface area contributed by atoms with Crippen molar-refractivity contribution >= 4 is 23.6 Å². The maximum Gasteiger partial charge on any atom is 0.328 e. The number of amides is 4. The van der Waals surface area contributed by atoms with Gasteiger partial charge in [-0.05, 0) is 12.5 Å². The van der Waals surface area contributed by atoms with Crippen molar-refractivity contribution in [1.29, 1.82) is 0 Å². The fraction of sp³-hybridized carbons (Fsp3) is 0.231. The van der Waals surface area contributed by atoms with Gasteiger partial charge in [-0.3, -0.25) is 25.2 Å². The van der Waals surface area contributed by atoms with Crippen LogP contribution in [0.4, 0.5) is 4.79 Å². The number of hydrogen-bond acceptors (Lipinski definition) is 4. The lowest BCUT2D eigenvalue weighted by Crippen LogP contribution is -2.57. The van der Waals surface area contributed by atoms with E-state index < -0.39 is 23.8 Å². The summed E-state index contributed by atoms with van der Waals surface area (Å²) in [4.78, 5) is 38.3. The van der Waals surface area contributed by atoms with Gasteiger partial charge in [-0.25, -0.2) is 4.79 Å². The number of rotatable bonds is 3. The fourth-order valence-electron chi connectivity index (χ4n) is 1.79. The second kappa shape index (κ2) is 5.43. The Hall–Kier alpha value is -2.50. The number of imide groups is 2. The van der Waals surface area contributed by atoms with Crippen LogP contribution in [0.15, 0.2) is 35.3 Å². The van der Waals surface area contributed by atoms with Gasteiger partial charge in [-0.15, -0.1) is 0 Å². The second-order valence-electron chi connectivity index (χ2n) is 4.18. The van der Waals surface area contributed by atoms with Crippen LogP contribution in [-0.4, -0.2) is 23.6 Å². The first-order chi connectivity index (χ1) is 9.08. The molecule has 0 spiro atoms. The van der Waals surface area contributed by atoms with E-state index >= 15 is 0 Å². The van der Waals surface area contributed by atoms with Gasteiger partial charge in [0.25, 0.3) is 0 Å². The van der Waals surface area contributed by atoms with Crippen molar-refractivity contribution in [1.82, 2.24) is 10.6 Å². The van der Waals surface area contributed by atoms with Gasteiger partial charge in [-0.1, -0.05) is 30.3 Å². The number of hydrogen-bond donors (Lipinski definition) is 2. The zero-order chi connectivity index (χ0) is 13.8. The molecule has 0 saturated carbocycles. The van der Waals surface area contributed by atoms with Crippen LogP contribution < -0.4 is 10.6 Å². The van der Waals surface area contributed by atoms with Gasteiger partial charge in [0.2, 0.25) is 11.8 Å². The van der Waals surface area contributed by atoms with Crippen LogP contribution in [0.3, 0.4) is 0 Å². The molecule has 0 unspecified atom stereocenters. The molecule has 19 heavy (non-hydrogen) atoms. The van der Waals surface area contributed by atoms with Crippen molar-refractivity contribution in [2.45, 2.75) is 13.5 Å². The normalized spacial score (nSPS) is 17.1. The monoisotopic (exact) mass is 259 g/mol. The Labute approximate surface area is 109 Å². The summed E-state index contributed by atoms with van der Waals surface area (Å²) < 4.78 is 0. The van der Waals surface area contributed by atoms with Gasteiger partial charge >= 0.3 is 6.03 Å². The van der Waals surface area contributed by atoms with Crippen LogP contribution in [0, 0.1) is 5.92 Å². The first-order valence-electron chi connectivity index (χ1n) is 5.78. The third-order valence-corrected chi connectivity index (χ3v) is 2.77. The van der Waals surface area contributed by atoms with Crippen LogP contribution in [0.1, 0.15) is 12.5 Å². The predicted molar refractivity (Wildman–Crippen MR) is 68.4 cm³/mol. The molecule has 1 aliphatic heterocycles. The Morgan fingerprint density at radius 2 is 1.68 bits per heavy atom. The van der Waals surface area contributed by atoms with E-state index in [-0.39, 0.29) is 0 Å². The largest absolute Gasteiger partial charge is 0.328 e. The van der Waals surface area contributed by atoms with Gasteiger partial charge in [0.15, 0.2) is 5.92 Å². The Bertz CT molecular complexity index is 532. The summed E-state index contributed by atoms with van der Waals surface area (Å²) in [5.41, 5.74) is 1.36. The second-order valence-corrected chi connectivity index (χ2v) is 4.18. The number of aliphatic imine (C=N–C) groups is 1. The lowest BCUT2D eigenvalue weighted by atomic mass is 10.0. The first-order valence-corrected chi connectivity index (χ1v) is 5.78. The number of urea groups is 1. The van der Waals surface area contributed by atoms with E-state index in [2.05, 4.69) is 4.99 Å². The van der Waals surface area contributed by atoms with Crippen molar-refractivity contribution in [2.24, 2.45) is 10.9 Å². The lowest BCUT2D eigenvalue weighted by Gasteiger charge is -2.20. The Morgan fingerprint density at radius 1 is 1.11 bits per heavy atom. The molecule has 6 nitrogen and oxygen atoms in total. The summed E-state index contributed by atoms with van der Waals surface area (Å²) in [7, 11) is 0. The molecular formula is C13H13N3O3. The minimum Gasteiger partial charge on any atom is -0.288 e. The highest BCUT2D eigenvalue weighted by Crippen LogP contribution is 2.08. The van der Waals surface area contributed by atoms with Gasteiger partial charge in [0.05, 0.1) is 6.54 Å². The zero-order valence-electron chi connectivity index (χ0n) is 10.3.